The Balaban J connectivity index is 1.53. The van der Waals surface area contributed by atoms with E-state index in [9.17, 15) is 14.7 Å². The Hall–Kier alpha value is -2.59. The van der Waals surface area contributed by atoms with Crippen LogP contribution < -0.4 is 5.32 Å². The number of quaternary nitrogens is 1. The standard InChI is InChI=1S/C28H40BN3O5/c1-5-32-14-16-36-29(32,37-17-15-32)23(18-20(2)3)19-26(34)27(21(4)33)31-28(35)25-13-9-12-24(30-25)22-10-7-6-8-11-22/h6-13,20-21,23,27,33H,5,14-19H2,1-4H3,(H,31,35)/t21-,23-,27+,29?,32?/m1/s1. The number of nitrogens with zero attached hydrogens (tertiary/aromatic N) is 2. The number of fused-ring (bicyclic) bond motifs is 1. The summed E-state index contributed by atoms with van der Waals surface area (Å²) in [6.45, 7) is 10.2. The molecule has 2 saturated heterocycles. The zero-order chi connectivity index (χ0) is 26.6. The van der Waals surface area contributed by atoms with Crippen LogP contribution in [0, 0.1) is 5.92 Å². The lowest BCUT2D eigenvalue weighted by Crippen LogP contribution is -2.65. The van der Waals surface area contributed by atoms with Gasteiger partial charge in [-0.25, -0.2) is 4.98 Å². The first kappa shape index (κ1) is 27.4. The van der Waals surface area contributed by atoms with Crippen molar-refractivity contribution < 1.29 is 28.4 Å². The number of Topliss-reactive ketones (excluding diaryl/α,β-unsaturated/α-hetero) is 1. The summed E-state index contributed by atoms with van der Waals surface area (Å²) in [6.07, 6.45) is -0.115. The summed E-state index contributed by atoms with van der Waals surface area (Å²) in [7, 11) is 0. The minimum absolute atomic E-state index is 0.130. The first-order valence-corrected chi connectivity index (χ1v) is 13.5. The molecule has 0 aliphatic carbocycles. The second-order valence-electron chi connectivity index (χ2n) is 11.0. The minimum Gasteiger partial charge on any atom is -0.509 e. The third-order valence-corrected chi connectivity index (χ3v) is 8.18. The van der Waals surface area contributed by atoms with Gasteiger partial charge in [0.15, 0.2) is 5.78 Å². The molecule has 0 unspecified atom stereocenters. The molecule has 200 valence electrons. The third kappa shape index (κ3) is 5.50. The second-order valence-corrected chi connectivity index (χ2v) is 11.0. The molecule has 1 aromatic carbocycles. The lowest BCUT2D eigenvalue weighted by molar-refractivity contribution is -0.821. The molecule has 1 amide bonds. The number of nitrogens with one attached hydrogen (secondary N) is 1. The predicted octanol–water partition coefficient (Wildman–Crippen LogP) is 3.44. The molecule has 8 nitrogen and oxygen atoms in total. The number of benzene rings is 1. The number of aliphatic hydroxyl groups excluding tert-OH is 1. The summed E-state index contributed by atoms with van der Waals surface area (Å²) in [5, 5.41) is 13.3. The van der Waals surface area contributed by atoms with Crippen molar-refractivity contribution in [2.24, 2.45) is 5.92 Å². The van der Waals surface area contributed by atoms with E-state index in [1.807, 2.05) is 36.4 Å². The molecule has 2 N–H and O–H groups in total. The van der Waals surface area contributed by atoms with Gasteiger partial charge in [0.25, 0.3) is 5.91 Å². The summed E-state index contributed by atoms with van der Waals surface area (Å²) in [5.41, 5.74) is 1.75. The van der Waals surface area contributed by atoms with Gasteiger partial charge in [0.1, 0.15) is 11.7 Å². The van der Waals surface area contributed by atoms with Crippen molar-refractivity contribution in [3.05, 3.63) is 54.2 Å². The molecule has 2 aliphatic rings. The summed E-state index contributed by atoms with van der Waals surface area (Å²) >= 11 is 0. The number of likely N-dealkylation sites (N-methyl/N-ethyl adjacent to an activating group) is 1. The lowest BCUT2D eigenvalue weighted by atomic mass is 9.51. The Morgan fingerprint density at radius 3 is 2.32 bits per heavy atom. The maximum atomic E-state index is 13.7. The van der Waals surface area contributed by atoms with Gasteiger partial charge < -0.3 is 24.1 Å². The summed E-state index contributed by atoms with van der Waals surface area (Å²) in [4.78, 5) is 31.3. The van der Waals surface area contributed by atoms with Crippen LogP contribution in [0.15, 0.2) is 48.5 Å². The van der Waals surface area contributed by atoms with Gasteiger partial charge in [-0.2, -0.15) is 0 Å². The molecule has 2 aliphatic heterocycles. The maximum Gasteiger partial charge on any atom is 0.476 e. The number of pyridine rings is 1. The van der Waals surface area contributed by atoms with E-state index < -0.39 is 24.7 Å². The molecule has 3 atom stereocenters. The quantitative estimate of drug-likeness (QED) is 0.451. The van der Waals surface area contributed by atoms with E-state index in [1.165, 1.54) is 6.92 Å². The molecule has 0 saturated carbocycles. The molecule has 9 heteroatoms. The van der Waals surface area contributed by atoms with Crippen molar-refractivity contribution in [1.82, 2.24) is 10.3 Å². The van der Waals surface area contributed by atoms with Crippen molar-refractivity contribution in [3.8, 4) is 11.3 Å². The van der Waals surface area contributed by atoms with Gasteiger partial charge in [-0.1, -0.05) is 56.7 Å². The fraction of sp³-hybridized carbons (Fsp3) is 0.536. The summed E-state index contributed by atoms with van der Waals surface area (Å²) < 4.78 is 13.5. The van der Waals surface area contributed by atoms with Crippen LogP contribution in [0.5, 0.6) is 0 Å². The van der Waals surface area contributed by atoms with Gasteiger partial charge >= 0.3 is 6.69 Å². The Bertz CT molecular complexity index is 1080. The highest BCUT2D eigenvalue weighted by Gasteiger charge is 2.62. The second kappa shape index (κ2) is 11.4. The largest absolute Gasteiger partial charge is 0.509 e. The van der Waals surface area contributed by atoms with Gasteiger partial charge in [-0.05, 0) is 44.1 Å². The van der Waals surface area contributed by atoms with E-state index in [0.717, 1.165) is 36.0 Å². The van der Waals surface area contributed by atoms with Crippen LogP contribution in [-0.2, 0) is 14.1 Å². The number of ketones is 1. The zero-order valence-corrected chi connectivity index (χ0v) is 22.4. The molecule has 4 rings (SSSR count). The Labute approximate surface area is 220 Å². The molecular formula is C28H40BN3O5. The number of amides is 1. The highest BCUT2D eigenvalue weighted by atomic mass is 16.6. The number of hydrogen-bond acceptors (Lipinski definition) is 6. The molecule has 1 aromatic heterocycles. The van der Waals surface area contributed by atoms with E-state index in [1.54, 1.807) is 12.1 Å². The number of hydrogen-bond donors (Lipinski definition) is 2. The van der Waals surface area contributed by atoms with E-state index in [2.05, 4.69) is 31.1 Å². The average molecular weight is 509 g/mol. The van der Waals surface area contributed by atoms with Crippen LogP contribution in [-0.4, -0.2) is 77.9 Å². The van der Waals surface area contributed by atoms with Crippen LogP contribution in [0.3, 0.4) is 0 Å². The van der Waals surface area contributed by atoms with Crippen LogP contribution in [0.1, 0.15) is 51.0 Å². The molecule has 3 heterocycles. The fourth-order valence-electron chi connectivity index (χ4n) is 6.34. The van der Waals surface area contributed by atoms with E-state index in [0.29, 0.717) is 24.8 Å². The molecule has 2 fully saturated rings. The van der Waals surface area contributed by atoms with Crippen molar-refractivity contribution in [2.75, 3.05) is 32.8 Å². The van der Waals surface area contributed by atoms with Crippen molar-refractivity contribution >= 4 is 18.4 Å². The molecule has 0 radical (unpaired) electrons. The molecular weight excluding hydrogens is 469 g/mol. The molecule has 2 aromatic rings. The third-order valence-electron chi connectivity index (χ3n) is 8.18. The molecule has 0 bridgehead atoms. The summed E-state index contributed by atoms with van der Waals surface area (Å²) in [6, 6.07) is 13.7. The van der Waals surface area contributed by atoms with Gasteiger partial charge in [0.05, 0.1) is 38.1 Å². The smallest absolute Gasteiger partial charge is 0.476 e. The zero-order valence-electron chi connectivity index (χ0n) is 22.4. The number of aliphatic hydroxyl groups is 1. The SMILES string of the molecule is CC[N+]12CCO[B-]1([C@@H](CC(=O)[C@@H](NC(=O)c1cccc(-c3ccccc3)n1)[C@@H](C)O)CC(C)C)OCC2. The first-order chi connectivity index (χ1) is 17.7. The lowest BCUT2D eigenvalue weighted by Gasteiger charge is -2.50. The normalized spacial score (nSPS) is 25.5. The topological polar surface area (TPSA) is 97.8 Å². The number of carbonyl (C=O) groups excluding carboxylic acids is 2. The molecule has 0 spiro atoms. The minimum atomic E-state index is -1.70. The Kier molecular flexibility index (Phi) is 8.48. The van der Waals surface area contributed by atoms with E-state index >= 15 is 0 Å². The Morgan fingerprint density at radius 2 is 1.73 bits per heavy atom. The highest BCUT2D eigenvalue weighted by molar-refractivity contribution is 6.62. The van der Waals surface area contributed by atoms with Crippen molar-refractivity contribution in [3.63, 3.8) is 0 Å². The van der Waals surface area contributed by atoms with Crippen LogP contribution >= 0.6 is 0 Å². The van der Waals surface area contributed by atoms with Gasteiger partial charge in [-0.3, -0.25) is 9.59 Å². The highest BCUT2D eigenvalue weighted by Crippen LogP contribution is 2.46. The van der Waals surface area contributed by atoms with Crippen LogP contribution in [0.2, 0.25) is 5.82 Å². The fourth-order valence-corrected chi connectivity index (χ4v) is 6.34. The van der Waals surface area contributed by atoms with Crippen LogP contribution in [0.4, 0.5) is 0 Å². The van der Waals surface area contributed by atoms with E-state index in [-0.39, 0.29) is 23.7 Å². The number of carbonyl (C=O) groups is 2. The van der Waals surface area contributed by atoms with Crippen molar-refractivity contribution in [2.45, 2.75) is 58.5 Å². The van der Waals surface area contributed by atoms with Crippen molar-refractivity contribution in [1.29, 1.82) is 0 Å². The number of aromatic nitrogens is 1. The first-order valence-electron chi connectivity index (χ1n) is 13.5. The predicted molar refractivity (Wildman–Crippen MR) is 144 cm³/mol. The van der Waals surface area contributed by atoms with E-state index in [4.69, 9.17) is 9.31 Å². The number of rotatable bonds is 11. The van der Waals surface area contributed by atoms with Gasteiger partial charge in [0, 0.05) is 12.1 Å². The summed E-state index contributed by atoms with van der Waals surface area (Å²) in [5.74, 6) is -0.500. The monoisotopic (exact) mass is 509 g/mol. The molecule has 37 heavy (non-hydrogen) atoms. The maximum absolute atomic E-state index is 13.7. The van der Waals surface area contributed by atoms with Gasteiger partial charge in [-0.15, -0.1) is 0 Å². The van der Waals surface area contributed by atoms with Crippen LogP contribution in [0.25, 0.3) is 11.3 Å². The van der Waals surface area contributed by atoms with Gasteiger partial charge in [0.2, 0.25) is 0 Å². The Morgan fingerprint density at radius 1 is 1.05 bits per heavy atom. The average Bonchev–Trinajstić information content (AvgIpc) is 3.43.